The van der Waals surface area contributed by atoms with Gasteiger partial charge in [-0.2, -0.15) is 0 Å². The van der Waals surface area contributed by atoms with E-state index in [9.17, 15) is 4.79 Å². The van der Waals surface area contributed by atoms with Gasteiger partial charge in [0.25, 0.3) is 0 Å². The van der Waals surface area contributed by atoms with Crippen LogP contribution in [0.3, 0.4) is 0 Å². The number of carbonyl (C=O) groups excluding carboxylic acids is 1. The lowest BCUT2D eigenvalue weighted by atomic mass is 9.81. The third-order valence-electron chi connectivity index (χ3n) is 7.41. The standard InChI is InChI=1S/C30H35N3O2/c1-22-8-12-25(13-9-22)29(26-14-10-23(2)11-15-26)28-19-31-18-27-20-32(16-17-33(27)28)30(34)35-21-24-6-4-3-5-7-24/h3-15,27-29,31H,16-21H2,1-2H3/t27-,28+/m1/s1. The highest BCUT2D eigenvalue weighted by Crippen LogP contribution is 2.34. The van der Waals surface area contributed by atoms with E-state index in [-0.39, 0.29) is 18.1 Å². The molecule has 0 radical (unpaired) electrons. The SMILES string of the molecule is Cc1ccc(C(c2ccc(C)cc2)[C@@H]2CNC[C@@H]3CN(C(=O)OCc4ccccc4)CCN32)cc1. The second-order valence-corrected chi connectivity index (χ2v) is 9.90. The van der Waals surface area contributed by atoms with Gasteiger partial charge in [-0.15, -0.1) is 0 Å². The van der Waals surface area contributed by atoms with Gasteiger partial charge in [-0.1, -0.05) is 90.0 Å². The lowest BCUT2D eigenvalue weighted by Crippen LogP contribution is -2.66. The fourth-order valence-electron chi connectivity index (χ4n) is 5.47. The van der Waals surface area contributed by atoms with Crippen LogP contribution in [0.5, 0.6) is 0 Å². The first kappa shape index (κ1) is 23.6. The van der Waals surface area contributed by atoms with Crippen molar-refractivity contribution < 1.29 is 9.53 Å². The Bertz CT molecular complexity index is 1070. The molecule has 2 heterocycles. The summed E-state index contributed by atoms with van der Waals surface area (Å²) >= 11 is 0. The number of fused-ring (bicyclic) bond motifs is 1. The van der Waals surface area contributed by atoms with Gasteiger partial charge in [0.15, 0.2) is 0 Å². The van der Waals surface area contributed by atoms with Crippen LogP contribution >= 0.6 is 0 Å². The average molecular weight is 470 g/mol. The molecule has 35 heavy (non-hydrogen) atoms. The number of carbonyl (C=O) groups is 1. The van der Waals surface area contributed by atoms with Crippen LogP contribution in [0.2, 0.25) is 0 Å². The summed E-state index contributed by atoms with van der Waals surface area (Å²) in [5.41, 5.74) is 6.25. The van der Waals surface area contributed by atoms with Crippen molar-refractivity contribution in [2.45, 2.75) is 38.5 Å². The van der Waals surface area contributed by atoms with Crippen LogP contribution in [0.4, 0.5) is 4.79 Å². The Hall–Kier alpha value is -3.15. The molecule has 182 valence electrons. The highest BCUT2D eigenvalue weighted by Gasteiger charge is 2.40. The zero-order chi connectivity index (χ0) is 24.2. The quantitative estimate of drug-likeness (QED) is 0.587. The monoisotopic (exact) mass is 469 g/mol. The van der Waals surface area contributed by atoms with Crippen molar-refractivity contribution in [2.24, 2.45) is 0 Å². The molecule has 2 fully saturated rings. The number of hydrogen-bond donors (Lipinski definition) is 1. The Labute approximate surface area is 208 Å². The number of benzene rings is 3. The number of nitrogens with zero attached hydrogens (tertiary/aromatic N) is 2. The Balaban J connectivity index is 1.32. The summed E-state index contributed by atoms with van der Waals surface area (Å²) in [6.07, 6.45) is -0.218. The van der Waals surface area contributed by atoms with E-state index >= 15 is 0 Å². The first-order valence-electron chi connectivity index (χ1n) is 12.6. The van der Waals surface area contributed by atoms with Gasteiger partial charge in [-0.25, -0.2) is 4.79 Å². The summed E-state index contributed by atoms with van der Waals surface area (Å²) in [7, 11) is 0. The normalized spacial score (nSPS) is 20.5. The van der Waals surface area contributed by atoms with Crippen molar-refractivity contribution in [3.05, 3.63) is 107 Å². The molecule has 3 aromatic carbocycles. The van der Waals surface area contributed by atoms with Crippen molar-refractivity contribution in [1.82, 2.24) is 15.1 Å². The maximum absolute atomic E-state index is 12.8. The largest absolute Gasteiger partial charge is 0.445 e. The van der Waals surface area contributed by atoms with Crippen LogP contribution in [0, 0.1) is 13.8 Å². The third kappa shape index (κ3) is 5.42. The fourth-order valence-corrected chi connectivity index (χ4v) is 5.47. The lowest BCUT2D eigenvalue weighted by molar-refractivity contribution is 0.00851. The maximum atomic E-state index is 12.8. The predicted octanol–water partition coefficient (Wildman–Crippen LogP) is 4.73. The molecule has 0 bridgehead atoms. The minimum absolute atomic E-state index is 0.218. The van der Waals surface area contributed by atoms with Crippen LogP contribution in [0.15, 0.2) is 78.9 Å². The number of hydrogen-bond acceptors (Lipinski definition) is 4. The van der Waals surface area contributed by atoms with Gasteiger partial charge in [0.2, 0.25) is 0 Å². The van der Waals surface area contributed by atoms with Gasteiger partial charge in [0, 0.05) is 50.7 Å². The van der Waals surface area contributed by atoms with Gasteiger partial charge in [0.1, 0.15) is 6.61 Å². The molecule has 3 aromatic rings. The molecule has 1 N–H and O–H groups in total. The zero-order valence-electron chi connectivity index (χ0n) is 20.7. The molecule has 2 aliphatic heterocycles. The molecule has 0 unspecified atom stereocenters. The van der Waals surface area contributed by atoms with Crippen LogP contribution in [0.25, 0.3) is 0 Å². The summed E-state index contributed by atoms with van der Waals surface area (Å²) < 4.78 is 5.63. The molecular formula is C30H35N3O2. The molecule has 2 atom stereocenters. The highest BCUT2D eigenvalue weighted by molar-refractivity contribution is 5.68. The zero-order valence-corrected chi connectivity index (χ0v) is 20.7. The van der Waals surface area contributed by atoms with E-state index in [1.165, 1.54) is 22.3 Å². The van der Waals surface area contributed by atoms with Crippen LogP contribution < -0.4 is 5.32 Å². The first-order chi connectivity index (χ1) is 17.1. The summed E-state index contributed by atoms with van der Waals surface area (Å²) in [6, 6.07) is 28.4. The minimum atomic E-state index is -0.218. The van der Waals surface area contributed by atoms with Crippen molar-refractivity contribution in [1.29, 1.82) is 0 Å². The Kier molecular flexibility index (Phi) is 7.16. The molecule has 5 rings (SSSR count). The van der Waals surface area contributed by atoms with E-state index in [1.54, 1.807) is 0 Å². The van der Waals surface area contributed by atoms with Gasteiger partial charge in [-0.3, -0.25) is 4.90 Å². The number of rotatable bonds is 5. The summed E-state index contributed by atoms with van der Waals surface area (Å²) in [5, 5.41) is 3.67. The van der Waals surface area contributed by atoms with E-state index in [1.807, 2.05) is 35.2 Å². The number of ether oxygens (including phenoxy) is 1. The van der Waals surface area contributed by atoms with Gasteiger partial charge in [-0.05, 0) is 30.5 Å². The van der Waals surface area contributed by atoms with E-state index in [4.69, 9.17) is 4.74 Å². The molecule has 0 spiro atoms. The molecule has 0 aromatic heterocycles. The number of piperazine rings is 2. The van der Waals surface area contributed by atoms with E-state index in [2.05, 4.69) is 72.6 Å². The van der Waals surface area contributed by atoms with Crippen LogP contribution in [-0.4, -0.2) is 60.7 Å². The van der Waals surface area contributed by atoms with Gasteiger partial charge >= 0.3 is 6.09 Å². The second-order valence-electron chi connectivity index (χ2n) is 9.90. The Morgan fingerprint density at radius 1 is 0.886 bits per heavy atom. The second kappa shape index (κ2) is 10.6. The third-order valence-corrected chi connectivity index (χ3v) is 7.41. The molecule has 2 aliphatic rings. The molecule has 1 amide bonds. The molecule has 5 nitrogen and oxygen atoms in total. The molecule has 0 saturated carbocycles. The number of nitrogens with one attached hydrogen (secondary N) is 1. The topological polar surface area (TPSA) is 44.8 Å². The van der Waals surface area contributed by atoms with Gasteiger partial charge in [0.05, 0.1) is 0 Å². The number of amides is 1. The van der Waals surface area contributed by atoms with E-state index < -0.39 is 0 Å². The number of aryl methyl sites for hydroxylation is 2. The van der Waals surface area contributed by atoms with Crippen molar-refractivity contribution in [3.63, 3.8) is 0 Å². The summed E-state index contributed by atoms with van der Waals surface area (Å²) in [5.74, 6) is 0.267. The maximum Gasteiger partial charge on any atom is 0.410 e. The molecule has 2 saturated heterocycles. The summed E-state index contributed by atoms with van der Waals surface area (Å²) in [6.45, 7) is 8.63. The Morgan fingerprint density at radius 2 is 1.51 bits per heavy atom. The first-order valence-corrected chi connectivity index (χ1v) is 12.6. The molecular weight excluding hydrogens is 434 g/mol. The van der Waals surface area contributed by atoms with Crippen LogP contribution in [-0.2, 0) is 11.3 Å². The van der Waals surface area contributed by atoms with Crippen molar-refractivity contribution in [3.8, 4) is 0 Å². The smallest absolute Gasteiger partial charge is 0.410 e. The highest BCUT2D eigenvalue weighted by atomic mass is 16.6. The van der Waals surface area contributed by atoms with Crippen LogP contribution in [0.1, 0.15) is 33.7 Å². The predicted molar refractivity (Wildman–Crippen MR) is 140 cm³/mol. The fraction of sp³-hybridized carbons (Fsp3) is 0.367. The molecule has 5 heteroatoms. The Morgan fingerprint density at radius 3 is 2.14 bits per heavy atom. The van der Waals surface area contributed by atoms with Crippen molar-refractivity contribution >= 4 is 6.09 Å². The summed E-state index contributed by atoms with van der Waals surface area (Å²) in [4.78, 5) is 17.3. The lowest BCUT2D eigenvalue weighted by Gasteiger charge is -2.50. The van der Waals surface area contributed by atoms with Crippen molar-refractivity contribution in [2.75, 3.05) is 32.7 Å². The van der Waals surface area contributed by atoms with E-state index in [0.29, 0.717) is 25.7 Å². The minimum Gasteiger partial charge on any atom is -0.445 e. The van der Waals surface area contributed by atoms with E-state index in [0.717, 1.165) is 25.2 Å². The van der Waals surface area contributed by atoms with Gasteiger partial charge < -0.3 is 15.0 Å². The average Bonchev–Trinajstić information content (AvgIpc) is 2.90. The molecule has 0 aliphatic carbocycles.